The average molecular weight is 643 g/mol. The number of aliphatic hydroxyl groups excluding tert-OH is 2. The number of esters is 1. The van der Waals surface area contributed by atoms with Gasteiger partial charge in [-0.15, -0.1) is 0 Å². The zero-order valence-electron chi connectivity index (χ0n) is 27.7. The summed E-state index contributed by atoms with van der Waals surface area (Å²) in [6.45, 7) is 12.3. The number of Topliss-reactive ketones (excluding diaryl/α,β-unsaturated/α-hetero) is 1. The van der Waals surface area contributed by atoms with Crippen molar-refractivity contribution in [3.8, 4) is 0 Å². The largest absolute Gasteiger partial charge is 0.459 e. The molecule has 3 bridgehead atoms. The number of fused-ring (bicyclic) bond motifs is 3. The van der Waals surface area contributed by atoms with Gasteiger partial charge in [-0.25, -0.2) is 0 Å². The van der Waals surface area contributed by atoms with Crippen LogP contribution in [0.25, 0.3) is 0 Å². The molecule has 0 unspecified atom stereocenters. The number of rotatable bonds is 13. The summed E-state index contributed by atoms with van der Waals surface area (Å²) in [7, 11) is 0. The lowest BCUT2D eigenvalue weighted by Crippen LogP contribution is -2.76. The fourth-order valence-corrected chi connectivity index (χ4v) is 9.37. The van der Waals surface area contributed by atoms with E-state index in [2.05, 4.69) is 19.6 Å². The first kappa shape index (κ1) is 33.7. The molecule has 0 aromatic carbocycles. The molecule has 6 rings (SSSR count). The van der Waals surface area contributed by atoms with E-state index < -0.39 is 88.9 Å². The van der Waals surface area contributed by atoms with E-state index in [1.54, 1.807) is 32.1 Å². The number of hydrogen-bond acceptors (Lipinski definition) is 10. The molecule has 0 aromatic heterocycles. The van der Waals surface area contributed by atoms with Crippen LogP contribution in [-0.2, 0) is 33.3 Å². The second kappa shape index (κ2) is 11.8. The van der Waals surface area contributed by atoms with Gasteiger partial charge in [-0.1, -0.05) is 83.3 Å². The van der Waals surface area contributed by atoms with Crippen molar-refractivity contribution >= 4 is 11.8 Å². The summed E-state index contributed by atoms with van der Waals surface area (Å²) in [5, 5.41) is 34.6. The molecule has 0 spiro atoms. The molecule has 46 heavy (non-hydrogen) atoms. The molecule has 12 atom stereocenters. The van der Waals surface area contributed by atoms with Crippen LogP contribution in [0.2, 0.25) is 0 Å². The minimum absolute atomic E-state index is 0.251. The van der Waals surface area contributed by atoms with E-state index in [1.165, 1.54) is 45.4 Å². The summed E-state index contributed by atoms with van der Waals surface area (Å²) in [5.74, 6) is -5.58. The maximum absolute atomic E-state index is 13.7. The molecule has 0 amide bonds. The number of unbranched alkanes of at least 4 members (excludes halogenated alkanes) is 7. The van der Waals surface area contributed by atoms with Crippen LogP contribution in [0, 0.1) is 17.8 Å². The molecule has 2 saturated carbocycles. The van der Waals surface area contributed by atoms with E-state index in [1.807, 2.05) is 13.0 Å². The Bertz CT molecular complexity index is 1350. The predicted octanol–water partition coefficient (Wildman–Crippen LogP) is 3.97. The number of epoxide rings is 1. The number of ether oxygens (including phenoxy) is 5. The van der Waals surface area contributed by atoms with Gasteiger partial charge < -0.3 is 39.0 Å². The van der Waals surface area contributed by atoms with E-state index in [-0.39, 0.29) is 5.57 Å². The summed E-state index contributed by atoms with van der Waals surface area (Å²) < 4.78 is 32.6. The Morgan fingerprint density at radius 2 is 1.76 bits per heavy atom. The maximum Gasteiger partial charge on any atom is 0.307 e. The molecule has 10 nitrogen and oxygen atoms in total. The number of hydrogen-bond donors (Lipinski definition) is 3. The van der Waals surface area contributed by atoms with Gasteiger partial charge in [-0.2, -0.15) is 0 Å². The number of aliphatic hydroxyl groups is 3. The summed E-state index contributed by atoms with van der Waals surface area (Å²) in [6, 6.07) is 0. The third-order valence-corrected chi connectivity index (χ3v) is 11.6. The first-order chi connectivity index (χ1) is 21.8. The SMILES string of the molecule is C=C(C)[C@@]12O[C@@]3(/C=C/C=C\CCCCCCCCC)O[C@@H]1[C@@H]1[C@@H]4O[C@]4(CO)[C@@H](O)[C@]4(O)C(=O)C(C)=C[C@H]4[C@@]1(O3)[C@H](C)[C@H]2OC(C)=O. The molecule has 3 saturated heterocycles. The first-order valence-electron chi connectivity index (χ1n) is 17.0. The van der Waals surface area contributed by atoms with Crippen molar-refractivity contribution in [2.24, 2.45) is 17.8 Å². The highest BCUT2D eigenvalue weighted by atomic mass is 16.9. The normalized spacial score (nSPS) is 46.7. The number of carbonyl (C=O) groups excluding carboxylic acids is 2. The van der Waals surface area contributed by atoms with Crippen molar-refractivity contribution in [2.45, 2.75) is 139 Å². The summed E-state index contributed by atoms with van der Waals surface area (Å²) >= 11 is 0. The molecule has 6 aliphatic rings. The van der Waals surface area contributed by atoms with Crippen molar-refractivity contribution in [2.75, 3.05) is 6.61 Å². The quantitative estimate of drug-likeness (QED) is 0.0888. The van der Waals surface area contributed by atoms with E-state index in [9.17, 15) is 24.9 Å². The van der Waals surface area contributed by atoms with Gasteiger partial charge in [0.2, 0.25) is 0 Å². The van der Waals surface area contributed by atoms with E-state index in [4.69, 9.17) is 23.7 Å². The Balaban J connectivity index is 1.39. The van der Waals surface area contributed by atoms with Gasteiger partial charge in [0.05, 0.1) is 12.2 Å². The molecular formula is C36H50O10. The van der Waals surface area contributed by atoms with Crippen LogP contribution in [0.5, 0.6) is 0 Å². The van der Waals surface area contributed by atoms with Crippen molar-refractivity contribution in [1.29, 1.82) is 0 Å². The fourth-order valence-electron chi connectivity index (χ4n) is 9.37. The van der Waals surface area contributed by atoms with E-state index in [0.717, 1.165) is 12.8 Å². The van der Waals surface area contributed by atoms with Crippen molar-refractivity contribution in [3.63, 3.8) is 0 Å². The minimum atomic E-state index is -2.38. The standard InChI is InChI=1S/C36H50O10/c1-7-8-9-10-11-12-13-14-15-16-17-18-33-44-30-26-29-32(20-37,43-29)31(40)34(41)25(19-22(4)27(34)39)36(26,46-33)23(5)28(42-24(6)38)35(30,45-33)21(2)3/h15-19,23,25-26,28-31,37,40-41H,2,7-14,20H2,1,3-6H3/b16-15-,18-17+/t23-,25-,26+,28-,29+,30-,31-,32+,33-,34-,35+,36+/m1/s1. The molecular weight excluding hydrogens is 592 g/mol. The van der Waals surface area contributed by atoms with Gasteiger partial charge in [0.1, 0.15) is 30.0 Å². The Morgan fingerprint density at radius 1 is 1.07 bits per heavy atom. The topological polar surface area (TPSA) is 144 Å². The van der Waals surface area contributed by atoms with Crippen LogP contribution in [0.3, 0.4) is 0 Å². The Kier molecular flexibility index (Phi) is 8.61. The highest BCUT2D eigenvalue weighted by Crippen LogP contribution is 2.73. The predicted molar refractivity (Wildman–Crippen MR) is 167 cm³/mol. The lowest BCUT2D eigenvalue weighted by atomic mass is 9.53. The first-order valence-corrected chi connectivity index (χ1v) is 17.0. The van der Waals surface area contributed by atoms with Crippen LogP contribution in [-0.4, -0.2) is 86.5 Å². The summed E-state index contributed by atoms with van der Waals surface area (Å²) in [4.78, 5) is 26.3. The second-order valence-corrected chi connectivity index (χ2v) is 14.4. The molecule has 0 radical (unpaired) electrons. The van der Waals surface area contributed by atoms with Crippen LogP contribution in [0.1, 0.15) is 86.0 Å². The fraction of sp³-hybridized carbons (Fsp3) is 0.722. The van der Waals surface area contributed by atoms with Gasteiger partial charge in [0, 0.05) is 30.8 Å². The van der Waals surface area contributed by atoms with Crippen LogP contribution in [0.15, 0.2) is 48.1 Å². The smallest absolute Gasteiger partial charge is 0.307 e. The molecule has 5 fully saturated rings. The number of ketones is 1. The molecule has 0 aromatic rings. The summed E-state index contributed by atoms with van der Waals surface area (Å²) in [6.07, 6.45) is 14.1. The third kappa shape index (κ3) is 4.47. The van der Waals surface area contributed by atoms with Crippen LogP contribution < -0.4 is 0 Å². The summed E-state index contributed by atoms with van der Waals surface area (Å²) in [5.41, 5.74) is -6.13. The Labute approximate surface area is 271 Å². The van der Waals surface area contributed by atoms with Crippen molar-refractivity contribution < 1.29 is 48.6 Å². The molecule has 3 aliphatic heterocycles. The van der Waals surface area contributed by atoms with Gasteiger partial charge in [0.15, 0.2) is 17.0 Å². The van der Waals surface area contributed by atoms with E-state index in [0.29, 0.717) is 5.57 Å². The van der Waals surface area contributed by atoms with Gasteiger partial charge in [0.25, 0.3) is 0 Å². The monoisotopic (exact) mass is 642 g/mol. The molecule has 3 N–H and O–H groups in total. The lowest BCUT2D eigenvalue weighted by molar-refractivity contribution is -0.407. The van der Waals surface area contributed by atoms with Crippen molar-refractivity contribution in [3.05, 3.63) is 48.1 Å². The van der Waals surface area contributed by atoms with Crippen LogP contribution >= 0.6 is 0 Å². The maximum atomic E-state index is 13.7. The van der Waals surface area contributed by atoms with Crippen molar-refractivity contribution in [1.82, 2.24) is 0 Å². The second-order valence-electron chi connectivity index (χ2n) is 14.4. The molecule has 3 heterocycles. The molecule has 10 heteroatoms. The number of allylic oxidation sites excluding steroid dienone is 3. The zero-order chi connectivity index (χ0) is 33.3. The Hall–Kier alpha value is -2.18. The van der Waals surface area contributed by atoms with Gasteiger partial charge >= 0.3 is 11.9 Å². The highest BCUT2D eigenvalue weighted by Gasteiger charge is 2.90. The highest BCUT2D eigenvalue weighted by molar-refractivity contribution is 6.05. The molecule has 254 valence electrons. The third-order valence-electron chi connectivity index (χ3n) is 11.6. The number of carbonyl (C=O) groups is 2. The molecule has 3 aliphatic carbocycles. The van der Waals surface area contributed by atoms with Gasteiger partial charge in [-0.05, 0) is 37.8 Å². The van der Waals surface area contributed by atoms with Crippen LogP contribution in [0.4, 0.5) is 0 Å². The Morgan fingerprint density at radius 3 is 2.41 bits per heavy atom. The lowest BCUT2D eigenvalue weighted by Gasteiger charge is -2.61. The zero-order valence-corrected chi connectivity index (χ0v) is 27.7. The average Bonchev–Trinajstić information content (AvgIpc) is 3.64. The van der Waals surface area contributed by atoms with Gasteiger partial charge in [-0.3, -0.25) is 9.59 Å². The van der Waals surface area contributed by atoms with E-state index >= 15 is 0 Å². The minimum Gasteiger partial charge on any atom is -0.459 e.